The minimum absolute atomic E-state index is 0.201. The lowest BCUT2D eigenvalue weighted by molar-refractivity contribution is -0.116. The molecule has 0 radical (unpaired) electrons. The number of nitrogens with zero attached hydrogens (tertiary/aromatic N) is 2. The number of aromatic nitrogens is 1. The van der Waals surface area contributed by atoms with Crippen LogP contribution in [0.3, 0.4) is 0 Å². The first-order chi connectivity index (χ1) is 10.5. The van der Waals surface area contributed by atoms with Crippen LogP contribution in [0.1, 0.15) is 11.1 Å². The largest absolute Gasteiger partial charge is 0.363 e. The quantitative estimate of drug-likeness (QED) is 0.863. The summed E-state index contributed by atoms with van der Waals surface area (Å²) in [6.07, 6.45) is 4.79. The summed E-state index contributed by atoms with van der Waals surface area (Å²) >= 11 is 0. The van der Waals surface area contributed by atoms with Crippen molar-refractivity contribution < 1.29 is 9.18 Å². The Balaban J connectivity index is 1.90. The number of pyridine rings is 1. The smallest absolute Gasteiger partial charge is 0.244 e. The molecule has 5 heteroatoms. The SMILES string of the molecule is CN(C)c1cc(CNC(=O)C=Cc2ccc(F)cc2)ccn1. The highest BCUT2D eigenvalue weighted by atomic mass is 19.1. The van der Waals surface area contributed by atoms with Crippen LogP contribution in [-0.2, 0) is 11.3 Å². The predicted octanol–water partition coefficient (Wildman–Crippen LogP) is 2.62. The second-order valence-corrected chi connectivity index (χ2v) is 5.02. The maximum atomic E-state index is 12.8. The van der Waals surface area contributed by atoms with Gasteiger partial charge < -0.3 is 10.2 Å². The minimum Gasteiger partial charge on any atom is -0.363 e. The maximum absolute atomic E-state index is 12.8. The summed E-state index contributed by atoms with van der Waals surface area (Å²) in [7, 11) is 3.83. The second-order valence-electron chi connectivity index (χ2n) is 5.02. The Labute approximate surface area is 129 Å². The van der Waals surface area contributed by atoms with Gasteiger partial charge in [-0.3, -0.25) is 4.79 Å². The molecule has 0 unspecified atom stereocenters. The zero-order chi connectivity index (χ0) is 15.9. The summed E-state index contributed by atoms with van der Waals surface area (Å²) < 4.78 is 12.8. The number of hydrogen-bond donors (Lipinski definition) is 1. The lowest BCUT2D eigenvalue weighted by atomic mass is 10.2. The highest BCUT2D eigenvalue weighted by molar-refractivity contribution is 5.91. The summed E-state index contributed by atoms with van der Waals surface area (Å²) in [6.45, 7) is 0.427. The number of rotatable bonds is 5. The van der Waals surface area contributed by atoms with Crippen molar-refractivity contribution >= 4 is 17.8 Å². The molecule has 0 fully saturated rings. The molecule has 22 heavy (non-hydrogen) atoms. The lowest BCUT2D eigenvalue weighted by Gasteiger charge is -2.12. The van der Waals surface area contributed by atoms with E-state index in [1.807, 2.05) is 31.1 Å². The summed E-state index contributed by atoms with van der Waals surface area (Å²) in [4.78, 5) is 17.9. The normalized spacial score (nSPS) is 10.7. The van der Waals surface area contributed by atoms with Crippen LogP contribution in [0.25, 0.3) is 6.08 Å². The van der Waals surface area contributed by atoms with Gasteiger partial charge >= 0.3 is 0 Å². The van der Waals surface area contributed by atoms with Gasteiger partial charge in [-0.2, -0.15) is 0 Å². The van der Waals surface area contributed by atoms with Gasteiger partial charge in [0.15, 0.2) is 0 Å². The number of halogens is 1. The first-order valence-electron chi connectivity index (χ1n) is 6.88. The van der Waals surface area contributed by atoms with Gasteiger partial charge in [0.1, 0.15) is 11.6 Å². The molecular weight excluding hydrogens is 281 g/mol. The Morgan fingerprint density at radius 3 is 2.68 bits per heavy atom. The van der Waals surface area contributed by atoms with Crippen molar-refractivity contribution in [3.63, 3.8) is 0 Å². The van der Waals surface area contributed by atoms with Gasteiger partial charge in [-0.05, 0) is 41.5 Å². The van der Waals surface area contributed by atoms with Gasteiger partial charge in [0.2, 0.25) is 5.91 Å². The van der Waals surface area contributed by atoms with E-state index in [2.05, 4.69) is 10.3 Å². The van der Waals surface area contributed by atoms with E-state index < -0.39 is 0 Å². The number of nitrogens with one attached hydrogen (secondary N) is 1. The Bertz CT molecular complexity index is 666. The summed E-state index contributed by atoms with van der Waals surface area (Å²) in [6, 6.07) is 9.73. The van der Waals surface area contributed by atoms with E-state index in [9.17, 15) is 9.18 Å². The van der Waals surface area contributed by atoms with Gasteiger partial charge in [0.25, 0.3) is 0 Å². The van der Waals surface area contributed by atoms with Crippen molar-refractivity contribution in [1.82, 2.24) is 10.3 Å². The number of carbonyl (C=O) groups is 1. The fraction of sp³-hybridized carbons (Fsp3) is 0.176. The van der Waals surface area contributed by atoms with Crippen molar-refractivity contribution in [2.45, 2.75) is 6.54 Å². The highest BCUT2D eigenvalue weighted by Gasteiger charge is 2.01. The van der Waals surface area contributed by atoms with Crippen molar-refractivity contribution in [3.05, 3.63) is 65.6 Å². The highest BCUT2D eigenvalue weighted by Crippen LogP contribution is 2.09. The minimum atomic E-state index is -0.295. The standard InChI is InChI=1S/C17H18FN3O/c1-21(2)16-11-14(9-10-19-16)12-20-17(22)8-5-13-3-6-15(18)7-4-13/h3-11H,12H2,1-2H3,(H,20,22). The molecule has 0 aliphatic rings. The molecule has 1 amide bonds. The molecular formula is C17H18FN3O. The average Bonchev–Trinajstić information content (AvgIpc) is 2.52. The molecule has 114 valence electrons. The van der Waals surface area contributed by atoms with Crippen LogP contribution in [0, 0.1) is 5.82 Å². The number of amides is 1. The first-order valence-corrected chi connectivity index (χ1v) is 6.88. The predicted molar refractivity (Wildman–Crippen MR) is 85.8 cm³/mol. The maximum Gasteiger partial charge on any atom is 0.244 e. The third-order valence-corrected chi connectivity index (χ3v) is 3.03. The van der Waals surface area contributed by atoms with Crippen molar-refractivity contribution in [2.75, 3.05) is 19.0 Å². The molecule has 1 aromatic heterocycles. The van der Waals surface area contributed by atoms with E-state index in [1.165, 1.54) is 18.2 Å². The Morgan fingerprint density at radius 2 is 2.00 bits per heavy atom. The van der Waals surface area contributed by atoms with E-state index in [4.69, 9.17) is 0 Å². The van der Waals surface area contributed by atoms with Crippen molar-refractivity contribution in [3.8, 4) is 0 Å². The molecule has 1 heterocycles. The number of benzene rings is 1. The molecule has 0 aliphatic carbocycles. The molecule has 0 atom stereocenters. The van der Waals surface area contributed by atoms with E-state index in [-0.39, 0.29) is 11.7 Å². The lowest BCUT2D eigenvalue weighted by Crippen LogP contribution is -2.20. The van der Waals surface area contributed by atoms with Gasteiger partial charge in [-0.25, -0.2) is 9.37 Å². The van der Waals surface area contributed by atoms with Crippen LogP contribution >= 0.6 is 0 Å². The van der Waals surface area contributed by atoms with Crippen LogP contribution in [0.5, 0.6) is 0 Å². The third-order valence-electron chi connectivity index (χ3n) is 3.03. The van der Waals surface area contributed by atoms with Gasteiger partial charge in [0.05, 0.1) is 0 Å². The molecule has 0 aliphatic heterocycles. The third kappa shape index (κ3) is 4.70. The molecule has 0 saturated carbocycles. The van der Waals surface area contributed by atoms with Gasteiger partial charge in [-0.1, -0.05) is 12.1 Å². The van der Waals surface area contributed by atoms with Crippen molar-refractivity contribution in [1.29, 1.82) is 0 Å². The molecule has 4 nitrogen and oxygen atoms in total. The number of hydrogen-bond acceptors (Lipinski definition) is 3. The fourth-order valence-electron chi connectivity index (χ4n) is 1.81. The molecule has 2 rings (SSSR count). The van der Waals surface area contributed by atoms with Crippen LogP contribution in [0.2, 0.25) is 0 Å². The van der Waals surface area contributed by atoms with E-state index >= 15 is 0 Å². The Kier molecular flexibility index (Phi) is 5.25. The molecule has 0 bridgehead atoms. The topological polar surface area (TPSA) is 45.2 Å². The number of anilines is 1. The van der Waals surface area contributed by atoms with E-state index in [0.29, 0.717) is 6.54 Å². The van der Waals surface area contributed by atoms with Crippen LogP contribution in [-0.4, -0.2) is 25.0 Å². The summed E-state index contributed by atoms with van der Waals surface area (Å²) in [5, 5.41) is 2.80. The van der Waals surface area contributed by atoms with E-state index in [0.717, 1.165) is 16.9 Å². The van der Waals surface area contributed by atoms with Gasteiger partial charge in [-0.15, -0.1) is 0 Å². The van der Waals surface area contributed by atoms with Crippen LogP contribution in [0.15, 0.2) is 48.7 Å². The Hall–Kier alpha value is -2.69. The summed E-state index contributed by atoms with van der Waals surface area (Å²) in [5.74, 6) is 0.345. The average molecular weight is 299 g/mol. The summed E-state index contributed by atoms with van der Waals surface area (Å²) in [5.41, 5.74) is 1.75. The van der Waals surface area contributed by atoms with Crippen LogP contribution < -0.4 is 10.2 Å². The Morgan fingerprint density at radius 1 is 1.27 bits per heavy atom. The monoisotopic (exact) mass is 299 g/mol. The molecule has 0 saturated heterocycles. The van der Waals surface area contributed by atoms with E-state index in [1.54, 1.807) is 24.4 Å². The molecule has 0 spiro atoms. The molecule has 1 aromatic carbocycles. The zero-order valence-corrected chi connectivity index (χ0v) is 12.6. The first kappa shape index (κ1) is 15.7. The van der Waals surface area contributed by atoms with Crippen LogP contribution in [0.4, 0.5) is 10.2 Å². The van der Waals surface area contributed by atoms with Gasteiger partial charge in [0, 0.05) is 32.9 Å². The second kappa shape index (κ2) is 7.36. The van der Waals surface area contributed by atoms with Crippen molar-refractivity contribution in [2.24, 2.45) is 0 Å². The zero-order valence-electron chi connectivity index (χ0n) is 12.6. The molecule has 1 N–H and O–H groups in total. The fourth-order valence-corrected chi connectivity index (χ4v) is 1.81. The molecule has 2 aromatic rings. The number of carbonyl (C=O) groups excluding carboxylic acids is 1.